The van der Waals surface area contributed by atoms with Crippen LogP contribution in [0.25, 0.3) is 0 Å². The lowest BCUT2D eigenvalue weighted by molar-refractivity contribution is -0.121. The first-order chi connectivity index (χ1) is 15.2. The largest absolute Gasteiger partial charge is 0.481 e. The highest BCUT2D eigenvalue weighted by Crippen LogP contribution is 2.35. The second-order valence-corrected chi connectivity index (χ2v) is 7.39. The number of hydrogen-bond donors (Lipinski definition) is 1. The Morgan fingerprint density at radius 1 is 1.03 bits per heavy atom. The number of anilines is 2. The van der Waals surface area contributed by atoms with Crippen LogP contribution in [0.4, 0.5) is 11.4 Å². The lowest BCUT2D eigenvalue weighted by atomic mass is 9.88. The molecule has 1 heterocycles. The van der Waals surface area contributed by atoms with Gasteiger partial charge in [0.2, 0.25) is 5.91 Å². The van der Waals surface area contributed by atoms with Crippen LogP contribution in [0.15, 0.2) is 91.5 Å². The van der Waals surface area contributed by atoms with Gasteiger partial charge in [-0.1, -0.05) is 66.7 Å². The molecule has 1 aliphatic heterocycles. The quantitative estimate of drug-likeness (QED) is 0.569. The number of hydrogen-bond acceptors (Lipinski definition) is 3. The fraction of sp³-hybridized carbons (Fsp3) is 0.154. The third-order valence-corrected chi connectivity index (χ3v) is 5.29. The van der Waals surface area contributed by atoms with E-state index in [1.165, 1.54) is 0 Å². The van der Waals surface area contributed by atoms with E-state index >= 15 is 0 Å². The Morgan fingerprint density at radius 2 is 1.68 bits per heavy atom. The molecule has 0 aromatic heterocycles. The Labute approximate surface area is 182 Å². The summed E-state index contributed by atoms with van der Waals surface area (Å²) in [6, 6.07) is 25.4. The maximum atomic E-state index is 12.9. The zero-order valence-corrected chi connectivity index (χ0v) is 17.2. The highest BCUT2D eigenvalue weighted by Gasteiger charge is 2.25. The number of rotatable bonds is 7. The average molecular weight is 412 g/mol. The van der Waals surface area contributed by atoms with Crippen molar-refractivity contribution in [3.8, 4) is 5.75 Å². The minimum atomic E-state index is -0.113. The van der Waals surface area contributed by atoms with Crippen molar-refractivity contribution in [1.29, 1.82) is 0 Å². The first-order valence-corrected chi connectivity index (χ1v) is 10.2. The van der Waals surface area contributed by atoms with Crippen molar-refractivity contribution in [3.63, 3.8) is 0 Å². The van der Waals surface area contributed by atoms with Gasteiger partial charge in [-0.2, -0.15) is 0 Å². The Bertz CT molecular complexity index is 1040. The van der Waals surface area contributed by atoms with Gasteiger partial charge in [-0.15, -0.1) is 6.58 Å². The summed E-state index contributed by atoms with van der Waals surface area (Å²) in [4.78, 5) is 26.6. The van der Waals surface area contributed by atoms with Crippen molar-refractivity contribution in [2.75, 3.05) is 23.4 Å². The molecule has 5 heteroatoms. The van der Waals surface area contributed by atoms with Crippen LogP contribution in [0.3, 0.4) is 0 Å². The third kappa shape index (κ3) is 4.67. The summed E-state index contributed by atoms with van der Waals surface area (Å²) in [6.07, 6.45) is 1.99. The summed E-state index contributed by atoms with van der Waals surface area (Å²) in [6.45, 7) is 4.09. The Hall–Kier alpha value is -3.86. The van der Waals surface area contributed by atoms with Gasteiger partial charge in [0.15, 0.2) is 6.61 Å². The molecule has 1 aliphatic rings. The number of fused-ring (bicyclic) bond motifs is 1. The molecule has 4 rings (SSSR count). The van der Waals surface area contributed by atoms with E-state index in [2.05, 4.69) is 11.9 Å². The second-order valence-electron chi connectivity index (χ2n) is 7.39. The zero-order chi connectivity index (χ0) is 21.6. The minimum absolute atomic E-state index is 0.0255. The maximum Gasteiger partial charge on any atom is 0.265 e. The molecular weight excluding hydrogens is 388 g/mol. The highest BCUT2D eigenvalue weighted by molar-refractivity contribution is 5.99. The molecule has 0 fully saturated rings. The molecule has 31 heavy (non-hydrogen) atoms. The van der Waals surface area contributed by atoms with Crippen LogP contribution >= 0.6 is 0 Å². The van der Waals surface area contributed by atoms with Crippen molar-refractivity contribution in [2.45, 2.75) is 12.3 Å². The van der Waals surface area contributed by atoms with Crippen molar-refractivity contribution in [2.24, 2.45) is 0 Å². The number of benzene rings is 3. The molecular formula is C26H24N2O3. The molecule has 0 saturated carbocycles. The van der Waals surface area contributed by atoms with Crippen LogP contribution in [0, 0.1) is 0 Å². The first kappa shape index (κ1) is 20.4. The monoisotopic (exact) mass is 412 g/mol. The van der Waals surface area contributed by atoms with E-state index < -0.39 is 0 Å². The lowest BCUT2D eigenvalue weighted by Crippen LogP contribution is -2.38. The number of nitrogens with one attached hydrogen (secondary N) is 1. The Kier molecular flexibility index (Phi) is 6.13. The fourth-order valence-electron chi connectivity index (χ4n) is 3.81. The Balaban J connectivity index is 1.52. The zero-order valence-electron chi connectivity index (χ0n) is 17.2. The molecule has 2 amide bonds. The van der Waals surface area contributed by atoms with Crippen LogP contribution in [-0.2, 0) is 9.59 Å². The molecule has 0 spiro atoms. The van der Waals surface area contributed by atoms with Gasteiger partial charge < -0.3 is 15.0 Å². The average Bonchev–Trinajstić information content (AvgIpc) is 2.80. The lowest BCUT2D eigenvalue weighted by Gasteiger charge is -2.28. The summed E-state index contributed by atoms with van der Waals surface area (Å²) in [7, 11) is 0. The summed E-state index contributed by atoms with van der Waals surface area (Å²) in [5.74, 6) is 0.323. The van der Waals surface area contributed by atoms with E-state index in [1.807, 2.05) is 60.7 Å². The van der Waals surface area contributed by atoms with Crippen LogP contribution in [0.5, 0.6) is 5.75 Å². The van der Waals surface area contributed by atoms with Gasteiger partial charge in [-0.25, -0.2) is 0 Å². The van der Waals surface area contributed by atoms with E-state index in [0.29, 0.717) is 30.1 Å². The second kappa shape index (κ2) is 9.30. The van der Waals surface area contributed by atoms with Gasteiger partial charge in [-0.3, -0.25) is 9.59 Å². The molecule has 156 valence electrons. The molecule has 5 nitrogen and oxygen atoms in total. The van der Waals surface area contributed by atoms with Gasteiger partial charge in [-0.05, 0) is 23.3 Å². The summed E-state index contributed by atoms with van der Waals surface area (Å²) < 4.78 is 5.58. The summed E-state index contributed by atoms with van der Waals surface area (Å²) in [5, 5.41) is 2.98. The SMILES string of the molecule is C=CCN1C(=O)COc2cc(NC(=O)CC(c3ccccc3)c3ccccc3)ccc21. The van der Waals surface area contributed by atoms with Crippen molar-refractivity contribution < 1.29 is 14.3 Å². The summed E-state index contributed by atoms with van der Waals surface area (Å²) in [5.41, 5.74) is 3.50. The van der Waals surface area contributed by atoms with Gasteiger partial charge in [0.1, 0.15) is 5.75 Å². The fourth-order valence-corrected chi connectivity index (χ4v) is 3.81. The molecule has 1 N–H and O–H groups in total. The van der Waals surface area contributed by atoms with Crippen molar-refractivity contribution in [3.05, 3.63) is 103 Å². The molecule has 0 saturated heterocycles. The molecule has 0 aliphatic carbocycles. The van der Waals surface area contributed by atoms with E-state index in [9.17, 15) is 9.59 Å². The van der Waals surface area contributed by atoms with Crippen molar-refractivity contribution in [1.82, 2.24) is 0 Å². The number of nitrogens with zero attached hydrogens (tertiary/aromatic N) is 1. The molecule has 0 bridgehead atoms. The van der Waals surface area contributed by atoms with E-state index in [0.717, 1.165) is 11.1 Å². The first-order valence-electron chi connectivity index (χ1n) is 10.2. The minimum Gasteiger partial charge on any atom is -0.481 e. The van der Waals surface area contributed by atoms with E-state index in [1.54, 1.807) is 29.2 Å². The van der Waals surface area contributed by atoms with Gasteiger partial charge in [0.25, 0.3) is 5.91 Å². The van der Waals surface area contributed by atoms with Gasteiger partial charge in [0, 0.05) is 30.6 Å². The Morgan fingerprint density at radius 3 is 2.29 bits per heavy atom. The van der Waals surface area contributed by atoms with Crippen LogP contribution in [0.2, 0.25) is 0 Å². The maximum absolute atomic E-state index is 12.9. The predicted molar refractivity (Wildman–Crippen MR) is 122 cm³/mol. The van der Waals surface area contributed by atoms with E-state index in [4.69, 9.17) is 4.74 Å². The van der Waals surface area contributed by atoms with Crippen molar-refractivity contribution >= 4 is 23.2 Å². The molecule has 0 radical (unpaired) electrons. The normalized spacial score (nSPS) is 12.8. The van der Waals surface area contributed by atoms with E-state index in [-0.39, 0.29) is 24.3 Å². The number of amides is 2. The van der Waals surface area contributed by atoms with Crippen LogP contribution < -0.4 is 15.0 Å². The topological polar surface area (TPSA) is 58.6 Å². The summed E-state index contributed by atoms with van der Waals surface area (Å²) >= 11 is 0. The predicted octanol–water partition coefficient (Wildman–Crippen LogP) is 4.76. The van der Waals surface area contributed by atoms with Gasteiger partial charge >= 0.3 is 0 Å². The smallest absolute Gasteiger partial charge is 0.265 e. The molecule has 3 aromatic rings. The number of carbonyl (C=O) groups excluding carboxylic acids is 2. The highest BCUT2D eigenvalue weighted by atomic mass is 16.5. The van der Waals surface area contributed by atoms with Crippen LogP contribution in [-0.4, -0.2) is 25.0 Å². The molecule has 3 aromatic carbocycles. The third-order valence-electron chi connectivity index (χ3n) is 5.29. The van der Waals surface area contributed by atoms with Gasteiger partial charge in [0.05, 0.1) is 5.69 Å². The molecule has 0 unspecified atom stereocenters. The number of carbonyl (C=O) groups is 2. The standard InChI is InChI=1S/C26H24N2O3/c1-2-15-28-23-14-13-21(16-24(23)31-18-26(28)30)27-25(29)17-22(19-9-5-3-6-10-19)20-11-7-4-8-12-20/h2-14,16,22H,1,15,17-18H2,(H,27,29). The number of ether oxygens (including phenoxy) is 1. The molecule has 0 atom stereocenters. The van der Waals surface area contributed by atoms with Crippen LogP contribution in [0.1, 0.15) is 23.5 Å².